The number of ether oxygens (including phenoxy) is 1. The van der Waals surface area contributed by atoms with E-state index in [0.717, 1.165) is 22.3 Å². The van der Waals surface area contributed by atoms with E-state index in [9.17, 15) is 4.79 Å². The molecule has 1 aliphatic heterocycles. The van der Waals surface area contributed by atoms with Crippen LogP contribution in [0, 0.1) is 19.8 Å². The van der Waals surface area contributed by atoms with Gasteiger partial charge in [-0.1, -0.05) is 36.4 Å². The number of rotatable bonds is 6. The summed E-state index contributed by atoms with van der Waals surface area (Å²) in [6.45, 7) is 8.57. The molecule has 2 aromatic carbocycles. The molecule has 3 unspecified atom stereocenters. The smallest absolute Gasteiger partial charge is 0.227 e. The zero-order chi connectivity index (χ0) is 22.0. The topological polar surface area (TPSA) is 88.2 Å². The quantitative estimate of drug-likeness (QED) is 0.568. The van der Waals surface area contributed by atoms with Crippen molar-refractivity contribution in [3.63, 3.8) is 0 Å². The van der Waals surface area contributed by atoms with E-state index in [1.165, 1.54) is 11.1 Å². The number of para-hydroxylation sites is 1. The summed E-state index contributed by atoms with van der Waals surface area (Å²) in [5, 5.41) is 10.6. The molecule has 0 spiro atoms. The fraction of sp³-hybridized carbons (Fsp3) is 0.375. The first kappa shape index (κ1) is 21.1. The first-order valence-corrected chi connectivity index (χ1v) is 10.7. The summed E-state index contributed by atoms with van der Waals surface area (Å²) in [4.78, 5) is 22.1. The Morgan fingerprint density at radius 3 is 2.65 bits per heavy atom. The first-order chi connectivity index (χ1) is 15.0. The van der Waals surface area contributed by atoms with Gasteiger partial charge in [0.25, 0.3) is 0 Å². The summed E-state index contributed by atoms with van der Waals surface area (Å²) in [5.74, 6) is 1.03. The molecule has 1 fully saturated rings. The number of aryl methyl sites for hydroxylation is 2. The molecule has 31 heavy (non-hydrogen) atoms. The highest BCUT2D eigenvalue weighted by Crippen LogP contribution is 2.27. The van der Waals surface area contributed by atoms with Crippen molar-refractivity contribution in [2.24, 2.45) is 5.92 Å². The Kier molecular flexibility index (Phi) is 6.04. The van der Waals surface area contributed by atoms with Crippen LogP contribution in [0.2, 0.25) is 0 Å². The van der Waals surface area contributed by atoms with Gasteiger partial charge in [-0.3, -0.25) is 10.1 Å². The maximum atomic E-state index is 12.9. The van der Waals surface area contributed by atoms with Crippen molar-refractivity contribution in [2.75, 3.05) is 11.9 Å². The highest BCUT2D eigenvalue weighted by molar-refractivity contribution is 5.87. The standard InChI is InChI=1S/C24H29N5O2/c1-5-31-20-12-8-11-18-15(3)25-23(27-21(18)20)29-24-26-16(4)19(22(30)28-24)13-17-10-7-6-9-14(17)2/h6-12,16,19,24,26H,5,13H2,1-4H3,(H,28,30)(H,25,27,29). The number of nitrogens with one attached hydrogen (secondary N) is 3. The molecule has 162 valence electrons. The van der Waals surface area contributed by atoms with Gasteiger partial charge in [-0.2, -0.15) is 0 Å². The van der Waals surface area contributed by atoms with Gasteiger partial charge in [-0.05, 0) is 51.3 Å². The second-order valence-electron chi connectivity index (χ2n) is 8.00. The SMILES string of the molecule is CCOc1cccc2c(C)nc(NC3NC(=O)C(Cc4ccccc4C)C(C)N3)nc12. The summed E-state index contributed by atoms with van der Waals surface area (Å²) >= 11 is 0. The number of nitrogens with zero attached hydrogens (tertiary/aromatic N) is 2. The molecular weight excluding hydrogens is 390 g/mol. The zero-order valence-electron chi connectivity index (χ0n) is 18.4. The van der Waals surface area contributed by atoms with E-state index in [0.29, 0.717) is 19.0 Å². The molecule has 1 saturated heterocycles. The maximum Gasteiger partial charge on any atom is 0.227 e. The largest absolute Gasteiger partial charge is 0.492 e. The van der Waals surface area contributed by atoms with Crippen LogP contribution in [-0.4, -0.2) is 34.8 Å². The zero-order valence-corrected chi connectivity index (χ0v) is 18.4. The number of aromatic nitrogens is 2. The Morgan fingerprint density at radius 1 is 1.10 bits per heavy atom. The van der Waals surface area contributed by atoms with Gasteiger partial charge in [-0.25, -0.2) is 9.97 Å². The molecule has 1 aromatic heterocycles. The fourth-order valence-corrected chi connectivity index (χ4v) is 4.07. The van der Waals surface area contributed by atoms with Crippen molar-refractivity contribution in [1.82, 2.24) is 20.6 Å². The van der Waals surface area contributed by atoms with Crippen LogP contribution in [-0.2, 0) is 11.2 Å². The van der Waals surface area contributed by atoms with Crippen LogP contribution in [0.15, 0.2) is 42.5 Å². The third-order valence-electron chi connectivity index (χ3n) is 5.81. The van der Waals surface area contributed by atoms with E-state index in [4.69, 9.17) is 4.74 Å². The van der Waals surface area contributed by atoms with E-state index in [2.05, 4.69) is 45.0 Å². The number of anilines is 1. The number of benzene rings is 2. The lowest BCUT2D eigenvalue weighted by Crippen LogP contribution is -2.63. The van der Waals surface area contributed by atoms with Crippen molar-refractivity contribution < 1.29 is 9.53 Å². The molecule has 3 atom stereocenters. The van der Waals surface area contributed by atoms with Crippen molar-refractivity contribution >= 4 is 22.8 Å². The summed E-state index contributed by atoms with van der Waals surface area (Å²) < 4.78 is 5.73. The highest BCUT2D eigenvalue weighted by Gasteiger charge is 2.34. The Labute approximate surface area is 182 Å². The average Bonchev–Trinajstić information content (AvgIpc) is 2.73. The van der Waals surface area contributed by atoms with Crippen LogP contribution in [0.5, 0.6) is 5.75 Å². The summed E-state index contributed by atoms with van der Waals surface area (Å²) in [6, 6.07) is 14.0. The Bertz CT molecular complexity index is 1100. The van der Waals surface area contributed by atoms with E-state index in [1.54, 1.807) is 0 Å². The molecule has 0 radical (unpaired) electrons. The van der Waals surface area contributed by atoms with Gasteiger partial charge in [0.05, 0.1) is 18.2 Å². The number of carbonyl (C=O) groups is 1. The highest BCUT2D eigenvalue weighted by atomic mass is 16.5. The van der Waals surface area contributed by atoms with E-state index in [-0.39, 0.29) is 17.9 Å². The number of fused-ring (bicyclic) bond motifs is 1. The predicted molar refractivity (Wildman–Crippen MR) is 122 cm³/mol. The molecule has 3 N–H and O–H groups in total. The third kappa shape index (κ3) is 4.46. The molecule has 7 nitrogen and oxygen atoms in total. The second-order valence-corrected chi connectivity index (χ2v) is 8.00. The first-order valence-electron chi connectivity index (χ1n) is 10.7. The summed E-state index contributed by atoms with van der Waals surface area (Å²) in [6.07, 6.45) is 0.245. The van der Waals surface area contributed by atoms with Crippen LogP contribution in [0.4, 0.5) is 5.95 Å². The molecular formula is C24H29N5O2. The molecule has 4 rings (SSSR count). The van der Waals surface area contributed by atoms with Gasteiger partial charge >= 0.3 is 0 Å². The Morgan fingerprint density at radius 2 is 1.90 bits per heavy atom. The van der Waals surface area contributed by atoms with Crippen LogP contribution in [0.3, 0.4) is 0 Å². The molecule has 2 heterocycles. The lowest BCUT2D eigenvalue weighted by molar-refractivity contribution is -0.128. The van der Waals surface area contributed by atoms with Crippen LogP contribution in [0.25, 0.3) is 10.9 Å². The van der Waals surface area contributed by atoms with Crippen molar-refractivity contribution in [1.29, 1.82) is 0 Å². The minimum Gasteiger partial charge on any atom is -0.492 e. The van der Waals surface area contributed by atoms with Crippen LogP contribution >= 0.6 is 0 Å². The number of hydrogen-bond donors (Lipinski definition) is 3. The number of carbonyl (C=O) groups excluding carboxylic acids is 1. The van der Waals surface area contributed by atoms with Gasteiger partial charge in [0.1, 0.15) is 11.3 Å². The molecule has 1 amide bonds. The van der Waals surface area contributed by atoms with E-state index in [1.807, 2.05) is 51.1 Å². The fourth-order valence-electron chi connectivity index (χ4n) is 4.07. The van der Waals surface area contributed by atoms with Gasteiger partial charge in [-0.15, -0.1) is 0 Å². The number of hydrogen-bond acceptors (Lipinski definition) is 6. The van der Waals surface area contributed by atoms with Gasteiger partial charge in [0, 0.05) is 11.4 Å². The Balaban J connectivity index is 1.51. The third-order valence-corrected chi connectivity index (χ3v) is 5.81. The monoisotopic (exact) mass is 419 g/mol. The minimum atomic E-state index is -0.452. The average molecular weight is 420 g/mol. The normalized spacial score (nSPS) is 21.0. The van der Waals surface area contributed by atoms with E-state index < -0.39 is 6.29 Å². The predicted octanol–water partition coefficient (Wildman–Crippen LogP) is 3.31. The maximum absolute atomic E-state index is 12.9. The Hall–Kier alpha value is -3.19. The molecule has 0 saturated carbocycles. The molecule has 0 aliphatic carbocycles. The van der Waals surface area contributed by atoms with Gasteiger partial charge in [0.2, 0.25) is 11.9 Å². The lowest BCUT2D eigenvalue weighted by Gasteiger charge is -2.36. The van der Waals surface area contributed by atoms with E-state index >= 15 is 0 Å². The molecule has 7 heteroatoms. The minimum absolute atomic E-state index is 0.00797. The molecule has 3 aromatic rings. The second kappa shape index (κ2) is 8.89. The molecule has 1 aliphatic rings. The van der Waals surface area contributed by atoms with Gasteiger partial charge < -0.3 is 15.4 Å². The summed E-state index contributed by atoms with van der Waals surface area (Å²) in [7, 11) is 0. The van der Waals surface area contributed by atoms with Gasteiger partial charge in [0.15, 0.2) is 6.29 Å². The van der Waals surface area contributed by atoms with Crippen molar-refractivity contribution in [3.05, 3.63) is 59.3 Å². The van der Waals surface area contributed by atoms with Crippen LogP contribution in [0.1, 0.15) is 30.7 Å². The van der Waals surface area contributed by atoms with Crippen molar-refractivity contribution in [3.8, 4) is 5.75 Å². The number of amides is 1. The van der Waals surface area contributed by atoms with Crippen LogP contribution < -0.4 is 20.7 Å². The van der Waals surface area contributed by atoms with Crippen molar-refractivity contribution in [2.45, 2.75) is 46.4 Å². The lowest BCUT2D eigenvalue weighted by atomic mass is 9.89. The molecule has 0 bridgehead atoms. The summed E-state index contributed by atoms with van der Waals surface area (Å²) in [5.41, 5.74) is 4.00.